The molecule has 1 heterocycles. The summed E-state index contributed by atoms with van der Waals surface area (Å²) in [5.74, 6) is 1.40. The zero-order valence-electron chi connectivity index (χ0n) is 11.7. The molecule has 2 rings (SSSR count). The van der Waals surface area contributed by atoms with Gasteiger partial charge >= 0.3 is 0 Å². The van der Waals surface area contributed by atoms with E-state index >= 15 is 0 Å². The van der Waals surface area contributed by atoms with E-state index in [0.717, 1.165) is 11.3 Å². The van der Waals surface area contributed by atoms with Crippen LogP contribution in [-0.2, 0) is 0 Å². The summed E-state index contributed by atoms with van der Waals surface area (Å²) in [6.45, 7) is 0. The Morgan fingerprint density at radius 2 is 1.85 bits per heavy atom. The highest BCUT2D eigenvalue weighted by Gasteiger charge is 2.15. The molecule has 106 valence electrons. The molecule has 1 atom stereocenters. The predicted octanol–water partition coefficient (Wildman–Crippen LogP) is 3.06. The summed E-state index contributed by atoms with van der Waals surface area (Å²) in [7, 11) is 5.13. The topological polar surface area (TPSA) is 43.4 Å². The lowest BCUT2D eigenvalue weighted by Crippen LogP contribution is -2.18. The molecule has 0 spiro atoms. The molecule has 1 unspecified atom stereocenters. The Morgan fingerprint density at radius 1 is 1.10 bits per heavy atom. The van der Waals surface area contributed by atoms with Crippen LogP contribution in [0.3, 0.4) is 0 Å². The van der Waals surface area contributed by atoms with Gasteiger partial charge in [-0.1, -0.05) is 17.7 Å². The van der Waals surface area contributed by atoms with Crippen LogP contribution in [0, 0.1) is 0 Å². The summed E-state index contributed by atoms with van der Waals surface area (Å²) >= 11 is 5.87. The summed E-state index contributed by atoms with van der Waals surface area (Å²) in [5, 5.41) is 3.86. The Kier molecular flexibility index (Phi) is 4.82. The third kappa shape index (κ3) is 3.03. The summed E-state index contributed by atoms with van der Waals surface area (Å²) in [6, 6.07) is 9.51. The minimum absolute atomic E-state index is 0.0351. The number of hydrogen-bond donors (Lipinski definition) is 1. The number of benzene rings is 1. The minimum atomic E-state index is -0.0351. The summed E-state index contributed by atoms with van der Waals surface area (Å²) in [4.78, 5) is 4.36. The summed E-state index contributed by atoms with van der Waals surface area (Å²) < 4.78 is 10.6. The number of pyridine rings is 1. The Morgan fingerprint density at radius 3 is 2.40 bits per heavy atom. The molecule has 20 heavy (non-hydrogen) atoms. The van der Waals surface area contributed by atoms with E-state index in [1.165, 1.54) is 0 Å². The van der Waals surface area contributed by atoms with Gasteiger partial charge in [-0.15, -0.1) is 0 Å². The van der Waals surface area contributed by atoms with Gasteiger partial charge in [-0.2, -0.15) is 0 Å². The van der Waals surface area contributed by atoms with Gasteiger partial charge in [0.2, 0.25) is 0 Å². The smallest absolute Gasteiger partial charge is 0.161 e. The van der Waals surface area contributed by atoms with Crippen LogP contribution in [0.15, 0.2) is 36.5 Å². The minimum Gasteiger partial charge on any atom is -0.493 e. The molecule has 1 aromatic heterocycles. The van der Waals surface area contributed by atoms with Crippen molar-refractivity contribution in [3.63, 3.8) is 0 Å². The first-order chi connectivity index (χ1) is 9.69. The van der Waals surface area contributed by atoms with Crippen LogP contribution < -0.4 is 14.8 Å². The van der Waals surface area contributed by atoms with Crippen molar-refractivity contribution in [2.75, 3.05) is 21.3 Å². The molecule has 0 aliphatic carbocycles. The van der Waals surface area contributed by atoms with Gasteiger partial charge in [-0.25, -0.2) is 0 Å². The van der Waals surface area contributed by atoms with Gasteiger partial charge in [0.25, 0.3) is 0 Å². The fraction of sp³-hybridized carbons (Fsp3) is 0.267. The van der Waals surface area contributed by atoms with E-state index in [2.05, 4.69) is 10.3 Å². The number of ether oxygens (including phenoxy) is 2. The summed E-state index contributed by atoms with van der Waals surface area (Å²) in [5.41, 5.74) is 1.93. The quantitative estimate of drug-likeness (QED) is 0.920. The van der Waals surface area contributed by atoms with Crippen LogP contribution in [0.1, 0.15) is 17.3 Å². The highest BCUT2D eigenvalue weighted by Crippen LogP contribution is 2.31. The number of methoxy groups -OCH3 is 2. The Balaban J connectivity index is 2.39. The van der Waals surface area contributed by atoms with Gasteiger partial charge in [0, 0.05) is 6.20 Å². The van der Waals surface area contributed by atoms with Crippen molar-refractivity contribution >= 4 is 11.6 Å². The molecule has 4 nitrogen and oxygen atoms in total. The molecular weight excluding hydrogens is 276 g/mol. The van der Waals surface area contributed by atoms with Crippen molar-refractivity contribution in [1.82, 2.24) is 10.3 Å². The Hall–Kier alpha value is -1.78. The Bertz CT molecular complexity index is 573. The SMILES string of the molecule is CNC(c1ccc(OC)c(OC)c1)c1ccc(Cl)cn1. The van der Waals surface area contributed by atoms with Gasteiger partial charge in [0.1, 0.15) is 0 Å². The van der Waals surface area contributed by atoms with E-state index in [1.807, 2.05) is 37.4 Å². The largest absolute Gasteiger partial charge is 0.493 e. The molecule has 0 fully saturated rings. The monoisotopic (exact) mass is 292 g/mol. The van der Waals surface area contributed by atoms with Crippen LogP contribution in [0.4, 0.5) is 0 Å². The lowest BCUT2D eigenvalue weighted by molar-refractivity contribution is 0.354. The average molecular weight is 293 g/mol. The number of halogens is 1. The second-order valence-corrected chi connectivity index (χ2v) is 4.67. The average Bonchev–Trinajstić information content (AvgIpc) is 2.49. The van der Waals surface area contributed by atoms with Gasteiger partial charge in [-0.3, -0.25) is 4.98 Å². The first kappa shape index (κ1) is 14.6. The maximum Gasteiger partial charge on any atom is 0.161 e. The molecule has 0 aliphatic rings. The lowest BCUT2D eigenvalue weighted by atomic mass is 10.0. The van der Waals surface area contributed by atoms with Crippen LogP contribution in [0.5, 0.6) is 11.5 Å². The van der Waals surface area contributed by atoms with Crippen molar-refractivity contribution in [2.45, 2.75) is 6.04 Å². The first-order valence-electron chi connectivity index (χ1n) is 6.20. The van der Waals surface area contributed by atoms with Crippen molar-refractivity contribution in [2.24, 2.45) is 0 Å². The number of nitrogens with one attached hydrogen (secondary N) is 1. The van der Waals surface area contributed by atoms with Crippen LogP contribution >= 0.6 is 11.6 Å². The maximum absolute atomic E-state index is 5.87. The zero-order valence-corrected chi connectivity index (χ0v) is 12.4. The number of aromatic nitrogens is 1. The fourth-order valence-electron chi connectivity index (χ4n) is 2.08. The molecule has 5 heteroatoms. The van der Waals surface area contributed by atoms with Gasteiger partial charge in [0.05, 0.1) is 31.0 Å². The molecule has 0 bridgehead atoms. The molecule has 0 amide bonds. The van der Waals surface area contributed by atoms with E-state index in [-0.39, 0.29) is 6.04 Å². The molecular formula is C15H17ClN2O2. The lowest BCUT2D eigenvalue weighted by Gasteiger charge is -2.18. The standard InChI is InChI=1S/C15H17ClN2O2/c1-17-15(12-6-5-11(16)9-18-12)10-4-7-13(19-2)14(8-10)20-3/h4-9,15,17H,1-3H3. The highest BCUT2D eigenvalue weighted by atomic mass is 35.5. The maximum atomic E-state index is 5.87. The van der Waals surface area contributed by atoms with Crippen molar-refractivity contribution < 1.29 is 9.47 Å². The highest BCUT2D eigenvalue weighted by molar-refractivity contribution is 6.30. The number of hydrogen-bond acceptors (Lipinski definition) is 4. The normalized spacial score (nSPS) is 12.0. The molecule has 1 N–H and O–H groups in total. The van der Waals surface area contributed by atoms with Crippen LogP contribution in [0.25, 0.3) is 0 Å². The molecule has 0 radical (unpaired) electrons. The molecule has 0 saturated carbocycles. The third-order valence-electron chi connectivity index (χ3n) is 3.08. The van der Waals surface area contributed by atoms with Gasteiger partial charge in [-0.05, 0) is 36.9 Å². The predicted molar refractivity (Wildman–Crippen MR) is 79.7 cm³/mol. The number of nitrogens with zero attached hydrogens (tertiary/aromatic N) is 1. The van der Waals surface area contributed by atoms with Crippen LogP contribution in [-0.4, -0.2) is 26.3 Å². The third-order valence-corrected chi connectivity index (χ3v) is 3.30. The fourth-order valence-corrected chi connectivity index (χ4v) is 2.19. The molecule has 2 aromatic rings. The van der Waals surface area contributed by atoms with Crippen LogP contribution in [0.2, 0.25) is 5.02 Å². The van der Waals surface area contributed by atoms with E-state index in [1.54, 1.807) is 20.4 Å². The molecule has 1 aromatic carbocycles. The van der Waals surface area contributed by atoms with E-state index < -0.39 is 0 Å². The van der Waals surface area contributed by atoms with Crippen molar-refractivity contribution in [3.05, 3.63) is 52.8 Å². The first-order valence-corrected chi connectivity index (χ1v) is 6.58. The zero-order chi connectivity index (χ0) is 14.5. The number of rotatable bonds is 5. The second-order valence-electron chi connectivity index (χ2n) is 4.24. The van der Waals surface area contributed by atoms with Gasteiger partial charge < -0.3 is 14.8 Å². The molecule has 0 saturated heterocycles. The summed E-state index contributed by atoms with van der Waals surface area (Å²) in [6.07, 6.45) is 1.64. The second kappa shape index (κ2) is 6.59. The van der Waals surface area contributed by atoms with E-state index in [4.69, 9.17) is 21.1 Å². The van der Waals surface area contributed by atoms with Gasteiger partial charge in [0.15, 0.2) is 11.5 Å². The van der Waals surface area contributed by atoms with E-state index in [0.29, 0.717) is 16.5 Å². The van der Waals surface area contributed by atoms with Crippen molar-refractivity contribution in [3.8, 4) is 11.5 Å². The Labute approximate surface area is 123 Å². The van der Waals surface area contributed by atoms with E-state index in [9.17, 15) is 0 Å². The van der Waals surface area contributed by atoms with Crippen molar-refractivity contribution in [1.29, 1.82) is 0 Å². The molecule has 0 aliphatic heterocycles.